The molecule has 0 aliphatic rings. The van der Waals surface area contributed by atoms with E-state index in [0.29, 0.717) is 12.3 Å². The molecule has 1 heterocycles. The number of esters is 1. The van der Waals surface area contributed by atoms with Crippen LogP contribution in [0.15, 0.2) is 33.3 Å². The van der Waals surface area contributed by atoms with E-state index in [0.717, 1.165) is 20.2 Å². The topological polar surface area (TPSA) is 31.2 Å². The fourth-order valence-electron chi connectivity index (χ4n) is 2.01. The molecular formula is C15H15Br2NO2. The zero-order chi connectivity index (χ0) is 14.9. The Morgan fingerprint density at radius 3 is 2.40 bits per heavy atom. The Bertz CT molecular complexity index is 645. The molecule has 0 amide bonds. The number of carbonyl (C=O) groups excluding carboxylic acids is 1. The molecule has 2 rings (SSSR count). The van der Waals surface area contributed by atoms with Gasteiger partial charge in [-0.05, 0) is 51.3 Å². The smallest absolute Gasteiger partial charge is 0.356 e. The van der Waals surface area contributed by atoms with Crippen LogP contribution in [0.25, 0.3) is 11.1 Å². The third-order valence-electron chi connectivity index (χ3n) is 3.07. The maximum Gasteiger partial charge on any atom is 0.356 e. The molecule has 20 heavy (non-hydrogen) atoms. The number of ether oxygens (including phenoxy) is 1. The quantitative estimate of drug-likeness (QED) is 0.699. The van der Waals surface area contributed by atoms with Crippen molar-refractivity contribution in [2.45, 2.75) is 13.8 Å². The second kappa shape index (κ2) is 6.14. The number of hydrogen-bond donors (Lipinski definition) is 0. The molecule has 0 saturated carbocycles. The highest BCUT2D eigenvalue weighted by Crippen LogP contribution is 2.39. The first-order valence-electron chi connectivity index (χ1n) is 6.25. The zero-order valence-electron chi connectivity index (χ0n) is 11.5. The SMILES string of the molecule is CCOC(=O)c1c(Br)c(-c2ccc(C)cc2)c(Br)n1C. The van der Waals surface area contributed by atoms with E-state index in [2.05, 4.69) is 31.9 Å². The molecule has 0 atom stereocenters. The van der Waals surface area contributed by atoms with Gasteiger partial charge in [0.05, 0.1) is 15.7 Å². The van der Waals surface area contributed by atoms with Gasteiger partial charge in [-0.15, -0.1) is 0 Å². The molecule has 0 N–H and O–H groups in total. The molecule has 0 aliphatic heterocycles. The summed E-state index contributed by atoms with van der Waals surface area (Å²) in [6, 6.07) is 8.17. The number of nitrogens with zero attached hydrogens (tertiary/aromatic N) is 1. The Morgan fingerprint density at radius 1 is 1.25 bits per heavy atom. The number of aromatic nitrogens is 1. The van der Waals surface area contributed by atoms with Gasteiger partial charge in [0.25, 0.3) is 0 Å². The summed E-state index contributed by atoms with van der Waals surface area (Å²) in [5.74, 6) is -0.332. The summed E-state index contributed by atoms with van der Waals surface area (Å²) in [5.41, 5.74) is 3.70. The number of halogens is 2. The van der Waals surface area contributed by atoms with E-state index in [1.165, 1.54) is 5.56 Å². The van der Waals surface area contributed by atoms with E-state index in [9.17, 15) is 4.79 Å². The van der Waals surface area contributed by atoms with Gasteiger partial charge >= 0.3 is 5.97 Å². The minimum atomic E-state index is -0.332. The van der Waals surface area contributed by atoms with Crippen LogP contribution in [0.5, 0.6) is 0 Å². The van der Waals surface area contributed by atoms with E-state index < -0.39 is 0 Å². The minimum absolute atomic E-state index is 0.332. The Balaban J connectivity index is 2.58. The second-order valence-electron chi connectivity index (χ2n) is 4.47. The average molecular weight is 401 g/mol. The van der Waals surface area contributed by atoms with Crippen LogP contribution in [-0.4, -0.2) is 17.1 Å². The summed E-state index contributed by atoms with van der Waals surface area (Å²) in [5, 5.41) is 0. The summed E-state index contributed by atoms with van der Waals surface area (Å²) < 4.78 is 8.48. The van der Waals surface area contributed by atoms with Gasteiger partial charge in [-0.3, -0.25) is 0 Å². The number of carbonyl (C=O) groups is 1. The van der Waals surface area contributed by atoms with Crippen LogP contribution in [0.1, 0.15) is 23.0 Å². The molecule has 0 radical (unpaired) electrons. The predicted molar refractivity (Wildman–Crippen MR) is 86.9 cm³/mol. The molecule has 0 bridgehead atoms. The van der Waals surface area contributed by atoms with Crippen molar-refractivity contribution >= 4 is 37.8 Å². The van der Waals surface area contributed by atoms with Gasteiger partial charge in [0, 0.05) is 12.6 Å². The maximum atomic E-state index is 12.0. The van der Waals surface area contributed by atoms with Crippen LogP contribution >= 0.6 is 31.9 Å². The zero-order valence-corrected chi connectivity index (χ0v) is 14.7. The summed E-state index contributed by atoms with van der Waals surface area (Å²) in [4.78, 5) is 12.0. The summed E-state index contributed by atoms with van der Waals surface area (Å²) >= 11 is 7.08. The fourth-order valence-corrected chi connectivity index (χ4v) is 3.73. The van der Waals surface area contributed by atoms with Crippen molar-refractivity contribution in [3.05, 3.63) is 44.6 Å². The first kappa shape index (κ1) is 15.3. The molecule has 0 aliphatic carbocycles. The molecule has 1 aromatic carbocycles. The van der Waals surface area contributed by atoms with Crippen LogP contribution in [0.3, 0.4) is 0 Å². The highest BCUT2D eigenvalue weighted by molar-refractivity contribution is 9.11. The summed E-state index contributed by atoms with van der Waals surface area (Å²) in [6.45, 7) is 4.20. The van der Waals surface area contributed by atoms with Crippen molar-refractivity contribution in [2.75, 3.05) is 6.61 Å². The molecule has 5 heteroatoms. The molecule has 3 nitrogen and oxygen atoms in total. The summed E-state index contributed by atoms with van der Waals surface area (Å²) in [7, 11) is 1.83. The Morgan fingerprint density at radius 2 is 1.85 bits per heavy atom. The number of rotatable bonds is 3. The van der Waals surface area contributed by atoms with Crippen molar-refractivity contribution in [3.8, 4) is 11.1 Å². The van der Waals surface area contributed by atoms with Crippen molar-refractivity contribution in [1.29, 1.82) is 0 Å². The minimum Gasteiger partial charge on any atom is -0.461 e. The number of aryl methyl sites for hydroxylation is 1. The lowest BCUT2D eigenvalue weighted by Crippen LogP contribution is -2.10. The molecule has 0 unspecified atom stereocenters. The van der Waals surface area contributed by atoms with Crippen LogP contribution in [0, 0.1) is 6.92 Å². The van der Waals surface area contributed by atoms with E-state index in [1.807, 2.05) is 38.2 Å². The highest BCUT2D eigenvalue weighted by atomic mass is 79.9. The van der Waals surface area contributed by atoms with E-state index in [4.69, 9.17) is 4.74 Å². The van der Waals surface area contributed by atoms with Crippen molar-refractivity contribution in [1.82, 2.24) is 4.57 Å². The predicted octanol–water partition coefficient (Wildman–Crippen LogP) is 4.70. The first-order valence-corrected chi connectivity index (χ1v) is 7.83. The van der Waals surface area contributed by atoms with Gasteiger partial charge in [-0.1, -0.05) is 29.8 Å². The lowest BCUT2D eigenvalue weighted by Gasteiger charge is -2.03. The molecule has 2 aromatic rings. The van der Waals surface area contributed by atoms with Gasteiger partial charge in [0.1, 0.15) is 5.69 Å². The Kier molecular flexibility index (Phi) is 4.70. The van der Waals surface area contributed by atoms with Crippen LogP contribution in [-0.2, 0) is 11.8 Å². The van der Waals surface area contributed by atoms with Crippen LogP contribution in [0.4, 0.5) is 0 Å². The largest absolute Gasteiger partial charge is 0.461 e. The number of benzene rings is 1. The van der Waals surface area contributed by atoms with Gasteiger partial charge in [-0.25, -0.2) is 4.79 Å². The molecular weight excluding hydrogens is 386 g/mol. The normalized spacial score (nSPS) is 10.7. The monoisotopic (exact) mass is 399 g/mol. The number of hydrogen-bond acceptors (Lipinski definition) is 2. The lowest BCUT2D eigenvalue weighted by molar-refractivity contribution is 0.0514. The van der Waals surface area contributed by atoms with Gasteiger partial charge < -0.3 is 9.30 Å². The molecule has 1 aromatic heterocycles. The fraction of sp³-hybridized carbons (Fsp3) is 0.267. The first-order chi connectivity index (χ1) is 9.47. The molecule has 0 fully saturated rings. The Labute approximate surface area is 135 Å². The standard InChI is InChI=1S/C15H15Br2NO2/c1-4-20-15(19)13-12(16)11(14(17)18(13)3)10-7-5-9(2)6-8-10/h5-8H,4H2,1-3H3. The molecule has 0 spiro atoms. The van der Waals surface area contributed by atoms with Gasteiger partial charge in [0.15, 0.2) is 0 Å². The third kappa shape index (κ3) is 2.69. The summed E-state index contributed by atoms with van der Waals surface area (Å²) in [6.07, 6.45) is 0. The van der Waals surface area contributed by atoms with E-state index in [1.54, 1.807) is 11.5 Å². The average Bonchev–Trinajstić information content (AvgIpc) is 2.62. The van der Waals surface area contributed by atoms with E-state index >= 15 is 0 Å². The van der Waals surface area contributed by atoms with Crippen molar-refractivity contribution in [3.63, 3.8) is 0 Å². The van der Waals surface area contributed by atoms with Crippen molar-refractivity contribution in [2.24, 2.45) is 7.05 Å². The van der Waals surface area contributed by atoms with Crippen LogP contribution < -0.4 is 0 Å². The van der Waals surface area contributed by atoms with Crippen LogP contribution in [0.2, 0.25) is 0 Å². The third-order valence-corrected chi connectivity index (χ3v) is 4.77. The maximum absolute atomic E-state index is 12.0. The Hall–Kier alpha value is -1.07. The van der Waals surface area contributed by atoms with Gasteiger partial charge in [0.2, 0.25) is 0 Å². The molecule has 0 saturated heterocycles. The second-order valence-corrected chi connectivity index (χ2v) is 6.02. The van der Waals surface area contributed by atoms with Gasteiger partial charge in [-0.2, -0.15) is 0 Å². The lowest BCUT2D eigenvalue weighted by atomic mass is 10.1. The van der Waals surface area contributed by atoms with E-state index in [-0.39, 0.29) is 5.97 Å². The van der Waals surface area contributed by atoms with Crippen molar-refractivity contribution < 1.29 is 9.53 Å². The molecule has 106 valence electrons. The highest BCUT2D eigenvalue weighted by Gasteiger charge is 2.24.